The van der Waals surface area contributed by atoms with Gasteiger partial charge in [0, 0.05) is 4.47 Å². The first-order valence-electron chi connectivity index (χ1n) is 8.65. The van der Waals surface area contributed by atoms with E-state index >= 15 is 0 Å². The molecule has 4 aromatic rings. The van der Waals surface area contributed by atoms with Crippen LogP contribution in [0, 0.1) is 5.92 Å². The third-order valence-electron chi connectivity index (χ3n) is 4.48. The van der Waals surface area contributed by atoms with E-state index in [9.17, 15) is 0 Å². The van der Waals surface area contributed by atoms with Gasteiger partial charge in [-0.05, 0) is 96.1 Å². The molecule has 4 aromatic carbocycles. The third-order valence-corrected chi connectivity index (χ3v) is 5.00. The molecule has 0 saturated carbocycles. The van der Waals surface area contributed by atoms with Gasteiger partial charge in [-0.1, -0.05) is 40.2 Å². The van der Waals surface area contributed by atoms with E-state index in [2.05, 4.69) is 125 Å². The van der Waals surface area contributed by atoms with Crippen molar-refractivity contribution in [3.8, 4) is 11.1 Å². The molecule has 0 atom stereocenters. The SMILES string of the molecule is Brc1ccc(-c2ccc([C+](c3ccccc3)c3ccccc3)cc2)cc1. The molecule has 0 aliphatic carbocycles. The fraction of sp³-hybridized carbons (Fsp3) is 0. The summed E-state index contributed by atoms with van der Waals surface area (Å²) in [6.45, 7) is 0. The molecule has 0 aliphatic heterocycles. The van der Waals surface area contributed by atoms with Crippen molar-refractivity contribution in [2.24, 2.45) is 0 Å². The predicted octanol–water partition coefficient (Wildman–Crippen LogP) is 7.14. The van der Waals surface area contributed by atoms with E-state index in [0.29, 0.717) is 0 Å². The molecule has 0 saturated heterocycles. The summed E-state index contributed by atoms with van der Waals surface area (Å²) >= 11 is 3.50. The van der Waals surface area contributed by atoms with Crippen LogP contribution in [0.25, 0.3) is 11.1 Å². The lowest BCUT2D eigenvalue weighted by Crippen LogP contribution is -2.04. The molecule has 0 heterocycles. The Morgan fingerprint density at radius 3 is 1.27 bits per heavy atom. The highest BCUT2D eigenvalue weighted by atomic mass is 79.9. The zero-order chi connectivity index (χ0) is 17.8. The summed E-state index contributed by atoms with van der Waals surface area (Å²) in [4.78, 5) is 0. The second-order valence-electron chi connectivity index (χ2n) is 6.19. The maximum atomic E-state index is 3.50. The van der Waals surface area contributed by atoms with Crippen LogP contribution in [0.2, 0.25) is 0 Å². The molecule has 4 rings (SSSR count). The van der Waals surface area contributed by atoms with Crippen LogP contribution in [0.3, 0.4) is 0 Å². The maximum absolute atomic E-state index is 3.50. The van der Waals surface area contributed by atoms with Gasteiger partial charge in [-0.2, -0.15) is 0 Å². The quantitative estimate of drug-likeness (QED) is 0.253. The second kappa shape index (κ2) is 7.63. The van der Waals surface area contributed by atoms with Gasteiger partial charge in [-0.3, -0.25) is 0 Å². The first kappa shape index (κ1) is 16.7. The minimum Gasteiger partial charge on any atom is -0.0532 e. The van der Waals surface area contributed by atoms with Gasteiger partial charge in [0.15, 0.2) is 0 Å². The highest BCUT2D eigenvalue weighted by Crippen LogP contribution is 2.32. The van der Waals surface area contributed by atoms with Crippen molar-refractivity contribution < 1.29 is 0 Å². The molecule has 0 aliphatic rings. The van der Waals surface area contributed by atoms with Gasteiger partial charge in [0.05, 0.1) is 22.6 Å². The Kier molecular flexibility index (Phi) is 4.90. The zero-order valence-corrected chi connectivity index (χ0v) is 15.9. The lowest BCUT2D eigenvalue weighted by Gasteiger charge is -2.13. The van der Waals surface area contributed by atoms with Gasteiger partial charge in [0.2, 0.25) is 0 Å². The molecule has 0 fully saturated rings. The Morgan fingerprint density at radius 2 is 0.808 bits per heavy atom. The maximum Gasteiger partial charge on any atom is 0.0631 e. The topological polar surface area (TPSA) is 0 Å². The predicted molar refractivity (Wildman–Crippen MR) is 113 cm³/mol. The fourth-order valence-corrected chi connectivity index (χ4v) is 3.45. The monoisotopic (exact) mass is 397 g/mol. The van der Waals surface area contributed by atoms with Crippen molar-refractivity contribution in [3.05, 3.63) is 136 Å². The van der Waals surface area contributed by atoms with Crippen molar-refractivity contribution >= 4 is 15.9 Å². The molecule has 0 unspecified atom stereocenters. The lowest BCUT2D eigenvalue weighted by molar-refractivity contribution is 1.23. The summed E-state index contributed by atoms with van der Waals surface area (Å²) in [6, 6.07) is 38.4. The van der Waals surface area contributed by atoms with E-state index in [1.165, 1.54) is 33.7 Å². The Bertz CT molecular complexity index is 917. The van der Waals surface area contributed by atoms with Gasteiger partial charge in [0.1, 0.15) is 0 Å². The van der Waals surface area contributed by atoms with E-state index in [4.69, 9.17) is 0 Å². The van der Waals surface area contributed by atoms with Crippen molar-refractivity contribution in [1.82, 2.24) is 0 Å². The minimum atomic E-state index is 1.10. The van der Waals surface area contributed by atoms with Crippen molar-refractivity contribution in [2.75, 3.05) is 0 Å². The normalized spacial score (nSPS) is 10.5. The van der Waals surface area contributed by atoms with Crippen LogP contribution < -0.4 is 0 Å². The molecule has 1 heteroatoms. The Hall–Kier alpha value is -2.77. The summed E-state index contributed by atoms with van der Waals surface area (Å²) in [7, 11) is 0. The smallest absolute Gasteiger partial charge is 0.0532 e. The molecule has 0 spiro atoms. The lowest BCUT2D eigenvalue weighted by atomic mass is 9.84. The van der Waals surface area contributed by atoms with Gasteiger partial charge >= 0.3 is 0 Å². The molecular weight excluding hydrogens is 380 g/mol. The average molecular weight is 398 g/mol. The highest BCUT2D eigenvalue weighted by Gasteiger charge is 2.22. The van der Waals surface area contributed by atoms with Gasteiger partial charge in [-0.25, -0.2) is 0 Å². The Balaban J connectivity index is 1.73. The fourth-order valence-electron chi connectivity index (χ4n) is 3.18. The number of hydrogen-bond acceptors (Lipinski definition) is 0. The molecule has 0 amide bonds. The third kappa shape index (κ3) is 3.58. The van der Waals surface area contributed by atoms with E-state index in [1.54, 1.807) is 0 Å². The number of rotatable bonds is 4. The van der Waals surface area contributed by atoms with Crippen LogP contribution in [0.4, 0.5) is 0 Å². The molecular formula is C25H18Br+. The summed E-state index contributed by atoms with van der Waals surface area (Å²) in [5.74, 6) is 1.26. The molecule has 0 radical (unpaired) electrons. The molecule has 124 valence electrons. The zero-order valence-electron chi connectivity index (χ0n) is 14.3. The van der Waals surface area contributed by atoms with Crippen molar-refractivity contribution in [2.45, 2.75) is 0 Å². The van der Waals surface area contributed by atoms with Crippen LogP contribution in [-0.2, 0) is 0 Å². The van der Waals surface area contributed by atoms with Crippen LogP contribution in [0.1, 0.15) is 16.7 Å². The second-order valence-corrected chi connectivity index (χ2v) is 7.11. The van der Waals surface area contributed by atoms with E-state index < -0.39 is 0 Å². The van der Waals surface area contributed by atoms with Gasteiger partial charge < -0.3 is 0 Å². The van der Waals surface area contributed by atoms with Crippen LogP contribution >= 0.6 is 15.9 Å². The van der Waals surface area contributed by atoms with Crippen LogP contribution in [0.5, 0.6) is 0 Å². The largest absolute Gasteiger partial charge is 0.0631 e. The van der Waals surface area contributed by atoms with Gasteiger partial charge in [-0.15, -0.1) is 0 Å². The molecule has 0 bridgehead atoms. The average Bonchev–Trinajstić information content (AvgIpc) is 2.71. The van der Waals surface area contributed by atoms with Crippen molar-refractivity contribution in [3.63, 3.8) is 0 Å². The van der Waals surface area contributed by atoms with E-state index in [-0.39, 0.29) is 0 Å². The van der Waals surface area contributed by atoms with Gasteiger partial charge in [0.25, 0.3) is 0 Å². The first-order valence-corrected chi connectivity index (χ1v) is 9.45. The minimum absolute atomic E-state index is 1.10. The Morgan fingerprint density at radius 1 is 0.423 bits per heavy atom. The van der Waals surface area contributed by atoms with Crippen LogP contribution in [0.15, 0.2) is 114 Å². The molecule has 26 heavy (non-hydrogen) atoms. The summed E-state index contributed by atoms with van der Waals surface area (Å²) < 4.78 is 1.10. The first-order chi connectivity index (χ1) is 12.8. The molecule has 0 N–H and O–H groups in total. The number of benzene rings is 4. The van der Waals surface area contributed by atoms with E-state index in [0.717, 1.165) is 4.47 Å². The number of halogens is 1. The standard InChI is InChI=1S/C25H18Br/c26-24-17-15-20(16-18-24)19-11-13-23(14-12-19)25(21-7-3-1-4-8-21)22-9-5-2-6-10-22/h1-18H/q+1. The highest BCUT2D eigenvalue weighted by molar-refractivity contribution is 9.10. The summed E-state index contributed by atoms with van der Waals surface area (Å²) in [6.07, 6.45) is 0. The van der Waals surface area contributed by atoms with Crippen LogP contribution in [-0.4, -0.2) is 0 Å². The molecule has 0 nitrogen and oxygen atoms in total. The summed E-state index contributed by atoms with van der Waals surface area (Å²) in [5.41, 5.74) is 6.14. The summed E-state index contributed by atoms with van der Waals surface area (Å²) in [5, 5.41) is 0. The molecule has 0 aromatic heterocycles. The van der Waals surface area contributed by atoms with Crippen molar-refractivity contribution in [1.29, 1.82) is 0 Å². The Labute approximate surface area is 163 Å². The number of hydrogen-bond donors (Lipinski definition) is 0. The van der Waals surface area contributed by atoms with E-state index in [1.807, 2.05) is 0 Å².